The third kappa shape index (κ3) is 2.86. The summed E-state index contributed by atoms with van der Waals surface area (Å²) in [4.78, 5) is 3.25. The third-order valence-electron chi connectivity index (χ3n) is 3.37. The molecular weight excluding hydrogens is 272 g/mol. The molecule has 20 heavy (non-hydrogen) atoms. The standard InChI is InChI=1S/C15H17ClN4/c1-20-7-5-13(19-20)4-6-17-9-11-10-18-15-8-12(16)2-3-14(11)15/h2-3,5,7-8,10,17-18H,4,6,9H2,1H3. The summed E-state index contributed by atoms with van der Waals surface area (Å²) in [6.45, 7) is 1.76. The maximum atomic E-state index is 5.98. The second-order valence-corrected chi connectivity index (χ2v) is 5.35. The van der Waals surface area contributed by atoms with Gasteiger partial charge in [0.2, 0.25) is 0 Å². The lowest BCUT2D eigenvalue weighted by molar-refractivity contribution is 0.667. The van der Waals surface area contributed by atoms with Crippen LogP contribution in [0.2, 0.25) is 5.02 Å². The molecule has 0 aliphatic carbocycles. The first-order valence-electron chi connectivity index (χ1n) is 6.67. The van der Waals surface area contributed by atoms with Crippen molar-refractivity contribution >= 4 is 22.5 Å². The van der Waals surface area contributed by atoms with E-state index in [1.54, 1.807) is 0 Å². The molecule has 0 spiro atoms. The second kappa shape index (κ2) is 5.69. The largest absolute Gasteiger partial charge is 0.361 e. The van der Waals surface area contributed by atoms with Gasteiger partial charge in [0.05, 0.1) is 5.69 Å². The van der Waals surface area contributed by atoms with E-state index in [0.717, 1.165) is 35.7 Å². The fraction of sp³-hybridized carbons (Fsp3) is 0.267. The van der Waals surface area contributed by atoms with E-state index in [1.807, 2.05) is 36.3 Å². The molecular formula is C15H17ClN4. The van der Waals surface area contributed by atoms with E-state index in [0.29, 0.717) is 0 Å². The Labute approximate surface area is 122 Å². The number of rotatable bonds is 5. The smallest absolute Gasteiger partial charge is 0.0637 e. The summed E-state index contributed by atoms with van der Waals surface area (Å²) in [7, 11) is 1.94. The summed E-state index contributed by atoms with van der Waals surface area (Å²) in [6.07, 6.45) is 4.95. The summed E-state index contributed by atoms with van der Waals surface area (Å²) in [5, 5.41) is 9.79. The molecule has 3 rings (SSSR count). The lowest BCUT2D eigenvalue weighted by atomic mass is 10.2. The lowest BCUT2D eigenvalue weighted by Gasteiger charge is -2.02. The van der Waals surface area contributed by atoms with E-state index in [9.17, 15) is 0 Å². The number of aryl methyl sites for hydroxylation is 1. The summed E-state index contributed by atoms with van der Waals surface area (Å²) in [5.74, 6) is 0. The number of hydrogen-bond donors (Lipinski definition) is 2. The molecule has 3 aromatic rings. The van der Waals surface area contributed by atoms with E-state index in [4.69, 9.17) is 11.6 Å². The predicted octanol–water partition coefficient (Wildman–Crippen LogP) is 2.89. The fourth-order valence-corrected chi connectivity index (χ4v) is 2.51. The molecule has 2 N–H and O–H groups in total. The molecule has 1 aromatic carbocycles. The molecule has 0 bridgehead atoms. The molecule has 0 unspecified atom stereocenters. The van der Waals surface area contributed by atoms with Crippen LogP contribution in [-0.2, 0) is 20.0 Å². The molecule has 104 valence electrons. The van der Waals surface area contributed by atoms with E-state index >= 15 is 0 Å². The Balaban J connectivity index is 1.57. The maximum absolute atomic E-state index is 5.98. The first-order valence-corrected chi connectivity index (χ1v) is 7.05. The van der Waals surface area contributed by atoms with Crippen molar-refractivity contribution in [3.8, 4) is 0 Å². The number of aromatic amines is 1. The van der Waals surface area contributed by atoms with Gasteiger partial charge in [-0.25, -0.2) is 0 Å². The number of hydrogen-bond acceptors (Lipinski definition) is 2. The normalized spacial score (nSPS) is 11.3. The Morgan fingerprint density at radius 2 is 2.25 bits per heavy atom. The Morgan fingerprint density at radius 3 is 3.05 bits per heavy atom. The van der Waals surface area contributed by atoms with Crippen molar-refractivity contribution in [2.45, 2.75) is 13.0 Å². The van der Waals surface area contributed by atoms with Gasteiger partial charge in [-0.05, 0) is 23.8 Å². The number of aromatic nitrogens is 3. The summed E-state index contributed by atoms with van der Waals surface area (Å²) >= 11 is 5.98. The Hall–Kier alpha value is -1.78. The number of nitrogens with one attached hydrogen (secondary N) is 2. The minimum absolute atomic E-state index is 0.758. The molecule has 0 fully saturated rings. The molecule has 0 aliphatic heterocycles. The summed E-state index contributed by atoms with van der Waals surface area (Å²) in [5.41, 5.74) is 3.46. The van der Waals surface area contributed by atoms with Crippen LogP contribution in [-0.4, -0.2) is 21.3 Å². The average molecular weight is 289 g/mol. The molecule has 0 atom stereocenters. The second-order valence-electron chi connectivity index (χ2n) is 4.91. The molecule has 2 aromatic heterocycles. The predicted molar refractivity (Wildman–Crippen MR) is 81.9 cm³/mol. The van der Waals surface area contributed by atoms with Gasteiger partial charge in [-0.1, -0.05) is 17.7 Å². The SMILES string of the molecule is Cn1ccc(CCNCc2c[nH]c3cc(Cl)ccc23)n1. The van der Waals surface area contributed by atoms with Crippen LogP contribution in [0.5, 0.6) is 0 Å². The third-order valence-corrected chi connectivity index (χ3v) is 3.61. The Morgan fingerprint density at radius 1 is 1.35 bits per heavy atom. The van der Waals surface area contributed by atoms with Crippen LogP contribution in [0.4, 0.5) is 0 Å². The molecule has 4 nitrogen and oxygen atoms in total. The van der Waals surface area contributed by atoms with Crippen LogP contribution in [0.15, 0.2) is 36.7 Å². The van der Waals surface area contributed by atoms with Crippen molar-refractivity contribution in [2.24, 2.45) is 7.05 Å². The van der Waals surface area contributed by atoms with Crippen molar-refractivity contribution < 1.29 is 0 Å². The number of fused-ring (bicyclic) bond motifs is 1. The first kappa shape index (κ1) is 13.2. The number of nitrogens with zero attached hydrogens (tertiary/aromatic N) is 2. The first-order chi connectivity index (χ1) is 9.72. The van der Waals surface area contributed by atoms with Gasteiger partial charge >= 0.3 is 0 Å². The molecule has 0 amide bonds. The van der Waals surface area contributed by atoms with Gasteiger partial charge in [-0.3, -0.25) is 4.68 Å². The van der Waals surface area contributed by atoms with Crippen molar-refractivity contribution in [1.29, 1.82) is 0 Å². The van der Waals surface area contributed by atoms with Crippen molar-refractivity contribution in [3.63, 3.8) is 0 Å². The van der Waals surface area contributed by atoms with E-state index in [-0.39, 0.29) is 0 Å². The zero-order chi connectivity index (χ0) is 13.9. The lowest BCUT2D eigenvalue weighted by Crippen LogP contribution is -2.16. The zero-order valence-corrected chi connectivity index (χ0v) is 12.1. The molecule has 2 heterocycles. The van der Waals surface area contributed by atoms with Crippen LogP contribution >= 0.6 is 11.6 Å². The van der Waals surface area contributed by atoms with Crippen LogP contribution in [0.3, 0.4) is 0 Å². The molecule has 0 radical (unpaired) electrons. The monoisotopic (exact) mass is 288 g/mol. The molecule has 5 heteroatoms. The van der Waals surface area contributed by atoms with Crippen LogP contribution in [0.25, 0.3) is 10.9 Å². The van der Waals surface area contributed by atoms with Crippen LogP contribution in [0, 0.1) is 0 Å². The minimum atomic E-state index is 0.758. The number of halogens is 1. The highest BCUT2D eigenvalue weighted by atomic mass is 35.5. The summed E-state index contributed by atoms with van der Waals surface area (Å²) in [6, 6.07) is 7.99. The zero-order valence-electron chi connectivity index (χ0n) is 11.4. The number of benzene rings is 1. The number of H-pyrrole nitrogens is 1. The highest BCUT2D eigenvalue weighted by Crippen LogP contribution is 2.21. The van der Waals surface area contributed by atoms with E-state index in [2.05, 4.69) is 27.5 Å². The highest BCUT2D eigenvalue weighted by Gasteiger charge is 2.04. The van der Waals surface area contributed by atoms with Gasteiger partial charge in [-0.2, -0.15) is 5.10 Å². The molecule has 0 saturated heterocycles. The van der Waals surface area contributed by atoms with Crippen molar-refractivity contribution in [2.75, 3.05) is 6.54 Å². The van der Waals surface area contributed by atoms with Crippen molar-refractivity contribution in [3.05, 3.63) is 52.9 Å². The Bertz CT molecular complexity index is 714. The van der Waals surface area contributed by atoms with Gasteiger partial charge in [0.1, 0.15) is 0 Å². The highest BCUT2D eigenvalue weighted by molar-refractivity contribution is 6.31. The van der Waals surface area contributed by atoms with Gasteiger partial charge in [0, 0.05) is 54.9 Å². The maximum Gasteiger partial charge on any atom is 0.0637 e. The van der Waals surface area contributed by atoms with E-state index < -0.39 is 0 Å². The minimum Gasteiger partial charge on any atom is -0.361 e. The molecule has 0 saturated carbocycles. The quantitative estimate of drug-likeness (QED) is 0.709. The van der Waals surface area contributed by atoms with E-state index in [1.165, 1.54) is 10.9 Å². The Kier molecular flexibility index (Phi) is 3.76. The fourth-order valence-electron chi connectivity index (χ4n) is 2.34. The average Bonchev–Trinajstić information content (AvgIpc) is 3.01. The van der Waals surface area contributed by atoms with Crippen LogP contribution < -0.4 is 5.32 Å². The van der Waals surface area contributed by atoms with Crippen molar-refractivity contribution in [1.82, 2.24) is 20.1 Å². The van der Waals surface area contributed by atoms with Gasteiger partial charge < -0.3 is 10.3 Å². The summed E-state index contributed by atoms with van der Waals surface area (Å²) < 4.78 is 1.83. The molecule has 0 aliphatic rings. The van der Waals surface area contributed by atoms with Gasteiger partial charge in [0.25, 0.3) is 0 Å². The van der Waals surface area contributed by atoms with Gasteiger partial charge in [0.15, 0.2) is 0 Å². The topological polar surface area (TPSA) is 45.6 Å². The van der Waals surface area contributed by atoms with Gasteiger partial charge in [-0.15, -0.1) is 0 Å². The van der Waals surface area contributed by atoms with Crippen LogP contribution in [0.1, 0.15) is 11.3 Å².